The Bertz CT molecular complexity index is 569. The minimum atomic E-state index is 0.273. The molecule has 1 N–H and O–H groups in total. The quantitative estimate of drug-likeness (QED) is 0.868. The number of hydrogen-bond donors (Lipinski definition) is 1. The van der Waals surface area contributed by atoms with E-state index in [2.05, 4.69) is 34.1 Å². The Balaban J connectivity index is 2.21. The Morgan fingerprint density at radius 1 is 1.32 bits per heavy atom. The lowest BCUT2D eigenvalue weighted by atomic mass is 10.1. The largest absolute Gasteiger partial charge is 0.366 e. The average molecular weight is 277 g/mol. The fourth-order valence-corrected chi connectivity index (χ4v) is 2.26. The summed E-state index contributed by atoms with van der Waals surface area (Å²) >= 11 is 6.14. The van der Waals surface area contributed by atoms with Crippen LogP contribution in [0.5, 0.6) is 0 Å². The predicted molar refractivity (Wildman–Crippen MR) is 77.4 cm³/mol. The summed E-state index contributed by atoms with van der Waals surface area (Å²) in [4.78, 5) is 12.4. The van der Waals surface area contributed by atoms with Crippen LogP contribution >= 0.6 is 11.6 Å². The predicted octanol–water partition coefficient (Wildman–Crippen LogP) is 3.57. The highest BCUT2D eigenvalue weighted by atomic mass is 35.5. The molecule has 0 saturated heterocycles. The molecule has 19 heavy (non-hydrogen) atoms. The number of anilines is 1. The van der Waals surface area contributed by atoms with Crippen LogP contribution in [0.4, 0.5) is 5.82 Å². The Morgan fingerprint density at radius 3 is 2.79 bits per heavy atom. The fraction of sp³-hybridized carbons (Fsp3) is 0.357. The van der Waals surface area contributed by atoms with Crippen molar-refractivity contribution in [3.8, 4) is 0 Å². The maximum absolute atomic E-state index is 6.14. The summed E-state index contributed by atoms with van der Waals surface area (Å²) in [6.45, 7) is 6.89. The first-order chi connectivity index (χ1) is 9.09. The van der Waals surface area contributed by atoms with Crippen molar-refractivity contribution < 1.29 is 0 Å². The molecule has 0 saturated carbocycles. The summed E-state index contributed by atoms with van der Waals surface area (Å²) in [5, 5.41) is 3.84. The zero-order valence-corrected chi connectivity index (χ0v) is 12.1. The summed E-state index contributed by atoms with van der Waals surface area (Å²) in [6, 6.07) is 2.00. The van der Waals surface area contributed by atoms with Crippen molar-refractivity contribution in [2.45, 2.75) is 33.2 Å². The molecule has 0 bridgehead atoms. The van der Waals surface area contributed by atoms with Gasteiger partial charge in [-0.1, -0.05) is 25.4 Å². The van der Waals surface area contributed by atoms with E-state index >= 15 is 0 Å². The fourth-order valence-electron chi connectivity index (χ4n) is 1.91. The molecule has 0 aromatic carbocycles. The molecule has 0 radical (unpaired) electrons. The van der Waals surface area contributed by atoms with E-state index in [0.29, 0.717) is 11.7 Å². The maximum atomic E-state index is 6.14. The van der Waals surface area contributed by atoms with Gasteiger partial charge >= 0.3 is 0 Å². The lowest BCUT2D eigenvalue weighted by molar-refractivity contribution is 0.844. The first kappa shape index (κ1) is 13.7. The van der Waals surface area contributed by atoms with E-state index < -0.39 is 0 Å². The Hall–Kier alpha value is -1.68. The molecule has 0 atom stereocenters. The molecule has 0 fully saturated rings. The molecular weight excluding hydrogens is 260 g/mol. The van der Waals surface area contributed by atoms with Crippen molar-refractivity contribution in [1.82, 2.24) is 15.0 Å². The molecule has 0 aliphatic carbocycles. The Kier molecular flexibility index (Phi) is 4.32. The van der Waals surface area contributed by atoms with Crippen molar-refractivity contribution in [2.75, 3.05) is 5.32 Å². The van der Waals surface area contributed by atoms with Gasteiger partial charge in [-0.25, -0.2) is 9.97 Å². The molecule has 5 heteroatoms. The average Bonchev–Trinajstić information content (AvgIpc) is 2.37. The molecule has 2 rings (SSSR count). The van der Waals surface area contributed by atoms with Crippen LogP contribution < -0.4 is 5.32 Å². The topological polar surface area (TPSA) is 50.7 Å². The van der Waals surface area contributed by atoms with Crippen molar-refractivity contribution in [3.63, 3.8) is 0 Å². The molecule has 0 aliphatic heterocycles. The van der Waals surface area contributed by atoms with Crippen LogP contribution in [-0.2, 0) is 6.54 Å². The number of nitrogens with zero attached hydrogens (tertiary/aromatic N) is 3. The number of pyridine rings is 1. The van der Waals surface area contributed by atoms with Crippen LogP contribution in [0.1, 0.15) is 36.5 Å². The number of nitrogens with one attached hydrogen (secondary N) is 1. The standard InChI is InChI=1S/C14H17ClN4/c1-9(2)12-13(15)18-8-19-14(12)17-7-11-4-5-16-6-10(11)3/h4-6,8-9H,7H2,1-3H3,(H,17,18,19). The number of hydrogen-bond acceptors (Lipinski definition) is 4. The second-order valence-electron chi connectivity index (χ2n) is 4.74. The summed E-state index contributed by atoms with van der Waals surface area (Å²) in [5.74, 6) is 1.07. The highest BCUT2D eigenvalue weighted by molar-refractivity contribution is 6.30. The number of aryl methyl sites for hydroxylation is 1. The van der Waals surface area contributed by atoms with Gasteiger partial charge in [-0.3, -0.25) is 4.98 Å². The number of aromatic nitrogens is 3. The minimum absolute atomic E-state index is 0.273. The molecule has 100 valence electrons. The second kappa shape index (κ2) is 5.97. The van der Waals surface area contributed by atoms with Gasteiger partial charge in [-0.15, -0.1) is 0 Å². The Labute approximate surface area is 118 Å². The van der Waals surface area contributed by atoms with Crippen molar-refractivity contribution >= 4 is 17.4 Å². The van der Waals surface area contributed by atoms with E-state index in [-0.39, 0.29) is 5.92 Å². The van der Waals surface area contributed by atoms with Gasteiger partial charge < -0.3 is 5.32 Å². The summed E-state index contributed by atoms with van der Waals surface area (Å²) in [6.07, 6.45) is 5.13. The van der Waals surface area contributed by atoms with Crippen LogP contribution in [0.3, 0.4) is 0 Å². The van der Waals surface area contributed by atoms with E-state index in [1.165, 1.54) is 11.9 Å². The van der Waals surface area contributed by atoms with Crippen LogP contribution in [0, 0.1) is 6.92 Å². The van der Waals surface area contributed by atoms with Crippen molar-refractivity contribution in [3.05, 3.63) is 46.6 Å². The number of halogens is 1. The van der Waals surface area contributed by atoms with E-state index in [0.717, 1.165) is 16.9 Å². The first-order valence-electron chi connectivity index (χ1n) is 6.23. The van der Waals surface area contributed by atoms with Gasteiger partial charge in [0.15, 0.2) is 0 Å². The van der Waals surface area contributed by atoms with Crippen molar-refractivity contribution in [2.24, 2.45) is 0 Å². The monoisotopic (exact) mass is 276 g/mol. The van der Waals surface area contributed by atoms with E-state index in [4.69, 9.17) is 11.6 Å². The van der Waals surface area contributed by atoms with Gasteiger partial charge in [0.25, 0.3) is 0 Å². The minimum Gasteiger partial charge on any atom is -0.366 e. The van der Waals surface area contributed by atoms with Gasteiger partial charge in [0.05, 0.1) is 0 Å². The molecule has 4 nitrogen and oxygen atoms in total. The lowest BCUT2D eigenvalue weighted by Crippen LogP contribution is -2.08. The summed E-state index contributed by atoms with van der Waals surface area (Å²) < 4.78 is 0. The SMILES string of the molecule is Cc1cnccc1CNc1ncnc(Cl)c1C(C)C. The van der Waals surface area contributed by atoms with Gasteiger partial charge in [0.1, 0.15) is 17.3 Å². The van der Waals surface area contributed by atoms with Gasteiger partial charge in [0, 0.05) is 24.5 Å². The zero-order valence-electron chi connectivity index (χ0n) is 11.3. The third-order valence-corrected chi connectivity index (χ3v) is 3.30. The summed E-state index contributed by atoms with van der Waals surface area (Å²) in [5.41, 5.74) is 3.30. The maximum Gasteiger partial charge on any atom is 0.138 e. The second-order valence-corrected chi connectivity index (χ2v) is 5.10. The molecule has 0 amide bonds. The first-order valence-corrected chi connectivity index (χ1v) is 6.61. The molecular formula is C14H17ClN4. The molecule has 2 heterocycles. The highest BCUT2D eigenvalue weighted by Gasteiger charge is 2.13. The van der Waals surface area contributed by atoms with Gasteiger partial charge in [-0.05, 0) is 30.0 Å². The Morgan fingerprint density at radius 2 is 2.11 bits per heavy atom. The molecule has 0 unspecified atom stereocenters. The zero-order chi connectivity index (χ0) is 13.8. The highest BCUT2D eigenvalue weighted by Crippen LogP contribution is 2.28. The van der Waals surface area contributed by atoms with Crippen molar-refractivity contribution in [1.29, 1.82) is 0 Å². The van der Waals surface area contributed by atoms with E-state index in [9.17, 15) is 0 Å². The van der Waals surface area contributed by atoms with Crippen LogP contribution in [0.25, 0.3) is 0 Å². The third kappa shape index (κ3) is 3.20. The lowest BCUT2D eigenvalue weighted by Gasteiger charge is -2.14. The number of rotatable bonds is 4. The smallest absolute Gasteiger partial charge is 0.138 e. The molecule has 0 spiro atoms. The van der Waals surface area contributed by atoms with E-state index in [1.54, 1.807) is 6.20 Å². The summed E-state index contributed by atoms with van der Waals surface area (Å²) in [7, 11) is 0. The van der Waals surface area contributed by atoms with Crippen LogP contribution in [0.2, 0.25) is 5.15 Å². The van der Waals surface area contributed by atoms with Gasteiger partial charge in [0.2, 0.25) is 0 Å². The molecule has 2 aromatic rings. The third-order valence-electron chi connectivity index (χ3n) is 3.00. The van der Waals surface area contributed by atoms with Crippen LogP contribution in [-0.4, -0.2) is 15.0 Å². The van der Waals surface area contributed by atoms with E-state index in [1.807, 2.05) is 19.2 Å². The van der Waals surface area contributed by atoms with Crippen LogP contribution in [0.15, 0.2) is 24.8 Å². The normalized spacial score (nSPS) is 10.8. The molecule has 2 aromatic heterocycles. The van der Waals surface area contributed by atoms with Gasteiger partial charge in [-0.2, -0.15) is 0 Å². The molecule has 0 aliphatic rings.